The van der Waals surface area contributed by atoms with E-state index in [9.17, 15) is 4.79 Å². The molecule has 1 aliphatic heterocycles. The quantitative estimate of drug-likeness (QED) is 0.937. The van der Waals surface area contributed by atoms with Gasteiger partial charge in [0.25, 0.3) is 0 Å². The number of primary amides is 1. The molecular formula is C17H21N3O. The Kier molecular flexibility index (Phi) is 4.06. The highest BCUT2D eigenvalue weighted by Gasteiger charge is 2.11. The van der Waals surface area contributed by atoms with Crippen LogP contribution in [0.2, 0.25) is 0 Å². The van der Waals surface area contributed by atoms with Crippen molar-refractivity contribution in [3.63, 3.8) is 0 Å². The molecule has 110 valence electrons. The summed E-state index contributed by atoms with van der Waals surface area (Å²) in [5.74, 6) is -0.389. The van der Waals surface area contributed by atoms with Gasteiger partial charge in [-0.1, -0.05) is 6.42 Å². The number of piperidine rings is 1. The number of carbonyl (C=O) groups is 1. The van der Waals surface area contributed by atoms with Gasteiger partial charge < -0.3 is 10.3 Å². The minimum Gasteiger partial charge on any atom is -0.366 e. The predicted molar refractivity (Wildman–Crippen MR) is 83.4 cm³/mol. The fourth-order valence-corrected chi connectivity index (χ4v) is 2.87. The van der Waals surface area contributed by atoms with E-state index in [1.54, 1.807) is 12.1 Å². The highest BCUT2D eigenvalue weighted by atomic mass is 16.1. The molecule has 0 saturated carbocycles. The van der Waals surface area contributed by atoms with Crippen LogP contribution in [0.1, 0.15) is 35.2 Å². The van der Waals surface area contributed by atoms with Crippen LogP contribution in [-0.2, 0) is 6.54 Å². The molecule has 4 nitrogen and oxygen atoms in total. The lowest BCUT2D eigenvalue weighted by Gasteiger charge is -2.25. The third-order valence-corrected chi connectivity index (χ3v) is 4.06. The molecule has 2 N–H and O–H groups in total. The molecule has 4 heteroatoms. The second kappa shape index (κ2) is 6.14. The van der Waals surface area contributed by atoms with Gasteiger partial charge in [-0.05, 0) is 61.8 Å². The van der Waals surface area contributed by atoms with E-state index in [1.807, 2.05) is 12.1 Å². The first kappa shape index (κ1) is 13.9. The summed E-state index contributed by atoms with van der Waals surface area (Å²) in [7, 11) is 0. The molecule has 2 heterocycles. The van der Waals surface area contributed by atoms with Crippen molar-refractivity contribution >= 4 is 5.91 Å². The van der Waals surface area contributed by atoms with Crippen molar-refractivity contribution in [2.24, 2.45) is 5.73 Å². The lowest BCUT2D eigenvalue weighted by molar-refractivity contribution is 0.100. The second-order valence-electron chi connectivity index (χ2n) is 5.67. The molecule has 0 aliphatic carbocycles. The zero-order chi connectivity index (χ0) is 14.7. The molecular weight excluding hydrogens is 262 g/mol. The summed E-state index contributed by atoms with van der Waals surface area (Å²) in [5, 5.41) is 0. The molecule has 1 aromatic carbocycles. The van der Waals surface area contributed by atoms with E-state index in [4.69, 9.17) is 5.73 Å². The van der Waals surface area contributed by atoms with Crippen LogP contribution in [0.25, 0.3) is 5.69 Å². The molecule has 1 aromatic heterocycles. The van der Waals surface area contributed by atoms with Crippen LogP contribution in [0.4, 0.5) is 0 Å². The summed E-state index contributed by atoms with van der Waals surface area (Å²) in [5.41, 5.74) is 8.18. The monoisotopic (exact) mass is 283 g/mol. The van der Waals surface area contributed by atoms with E-state index in [0.29, 0.717) is 5.56 Å². The summed E-state index contributed by atoms with van der Waals surface area (Å²) in [6, 6.07) is 9.54. The lowest BCUT2D eigenvalue weighted by atomic mass is 10.1. The van der Waals surface area contributed by atoms with Crippen LogP contribution in [0.3, 0.4) is 0 Å². The third kappa shape index (κ3) is 3.34. The molecule has 0 bridgehead atoms. The van der Waals surface area contributed by atoms with Gasteiger partial charge in [0.05, 0.1) is 0 Å². The van der Waals surface area contributed by atoms with Gasteiger partial charge >= 0.3 is 0 Å². The molecule has 0 radical (unpaired) electrons. The summed E-state index contributed by atoms with van der Waals surface area (Å²) < 4.78 is 2.09. The molecule has 0 unspecified atom stereocenters. The lowest BCUT2D eigenvalue weighted by Crippen LogP contribution is -2.28. The maximum atomic E-state index is 11.1. The van der Waals surface area contributed by atoms with Crippen molar-refractivity contribution in [2.75, 3.05) is 13.1 Å². The minimum atomic E-state index is -0.389. The molecule has 1 fully saturated rings. The van der Waals surface area contributed by atoms with E-state index in [2.05, 4.69) is 27.9 Å². The van der Waals surface area contributed by atoms with Crippen molar-refractivity contribution < 1.29 is 4.79 Å². The number of nitrogens with zero attached hydrogens (tertiary/aromatic N) is 2. The number of benzene rings is 1. The van der Waals surface area contributed by atoms with E-state index in [1.165, 1.54) is 37.9 Å². The number of amides is 1. The van der Waals surface area contributed by atoms with E-state index < -0.39 is 0 Å². The molecule has 1 amide bonds. The van der Waals surface area contributed by atoms with Crippen molar-refractivity contribution in [3.8, 4) is 5.69 Å². The van der Waals surface area contributed by atoms with Crippen LogP contribution in [0.5, 0.6) is 0 Å². The van der Waals surface area contributed by atoms with Crippen LogP contribution in [0, 0.1) is 0 Å². The largest absolute Gasteiger partial charge is 0.366 e. The highest BCUT2D eigenvalue weighted by molar-refractivity contribution is 5.92. The van der Waals surface area contributed by atoms with Crippen LogP contribution >= 0.6 is 0 Å². The van der Waals surface area contributed by atoms with Crippen LogP contribution < -0.4 is 5.73 Å². The van der Waals surface area contributed by atoms with Crippen LogP contribution in [-0.4, -0.2) is 28.5 Å². The normalized spacial score (nSPS) is 16.0. The van der Waals surface area contributed by atoms with Crippen LogP contribution in [0.15, 0.2) is 42.7 Å². The number of aromatic nitrogens is 1. The van der Waals surface area contributed by atoms with Crippen molar-refractivity contribution in [2.45, 2.75) is 25.8 Å². The Morgan fingerprint density at radius 1 is 1.05 bits per heavy atom. The van der Waals surface area contributed by atoms with Crippen molar-refractivity contribution in [3.05, 3.63) is 53.9 Å². The number of nitrogens with two attached hydrogens (primary N) is 1. The summed E-state index contributed by atoms with van der Waals surface area (Å²) in [6.07, 6.45) is 8.22. The molecule has 2 aromatic rings. The van der Waals surface area contributed by atoms with Gasteiger partial charge in [0.1, 0.15) is 0 Å². The SMILES string of the molecule is NC(=O)c1ccc(-n2ccc(CN3CCCCC3)c2)cc1. The Bertz CT molecular complexity index is 609. The molecule has 1 aliphatic rings. The van der Waals surface area contributed by atoms with E-state index in [0.717, 1.165) is 12.2 Å². The number of hydrogen-bond donors (Lipinski definition) is 1. The van der Waals surface area contributed by atoms with E-state index in [-0.39, 0.29) is 5.91 Å². The Balaban J connectivity index is 1.70. The Hall–Kier alpha value is -2.07. The van der Waals surface area contributed by atoms with Gasteiger partial charge in [0.2, 0.25) is 5.91 Å². The Labute approximate surface area is 125 Å². The topological polar surface area (TPSA) is 51.3 Å². The van der Waals surface area contributed by atoms with Gasteiger partial charge in [0.15, 0.2) is 0 Å². The maximum absolute atomic E-state index is 11.1. The van der Waals surface area contributed by atoms with E-state index >= 15 is 0 Å². The fourth-order valence-electron chi connectivity index (χ4n) is 2.87. The number of hydrogen-bond acceptors (Lipinski definition) is 2. The van der Waals surface area contributed by atoms with Crippen molar-refractivity contribution in [1.82, 2.24) is 9.47 Å². The van der Waals surface area contributed by atoms with Gasteiger partial charge in [-0.2, -0.15) is 0 Å². The summed E-state index contributed by atoms with van der Waals surface area (Å²) in [6.45, 7) is 3.43. The summed E-state index contributed by atoms with van der Waals surface area (Å²) in [4.78, 5) is 13.6. The predicted octanol–water partition coefficient (Wildman–Crippen LogP) is 2.56. The molecule has 0 spiro atoms. The smallest absolute Gasteiger partial charge is 0.248 e. The fraction of sp³-hybridized carbons (Fsp3) is 0.353. The maximum Gasteiger partial charge on any atom is 0.248 e. The van der Waals surface area contributed by atoms with Gasteiger partial charge in [0, 0.05) is 30.2 Å². The Morgan fingerprint density at radius 3 is 2.43 bits per heavy atom. The zero-order valence-electron chi connectivity index (χ0n) is 12.2. The molecule has 1 saturated heterocycles. The Morgan fingerprint density at radius 2 is 1.76 bits per heavy atom. The molecule has 3 rings (SSSR count). The number of carbonyl (C=O) groups excluding carboxylic acids is 1. The van der Waals surface area contributed by atoms with Gasteiger partial charge in [-0.15, -0.1) is 0 Å². The zero-order valence-corrected chi connectivity index (χ0v) is 12.2. The van der Waals surface area contributed by atoms with Crippen molar-refractivity contribution in [1.29, 1.82) is 0 Å². The minimum absolute atomic E-state index is 0.389. The number of rotatable bonds is 4. The molecule has 21 heavy (non-hydrogen) atoms. The van der Waals surface area contributed by atoms with Gasteiger partial charge in [-0.3, -0.25) is 9.69 Å². The average Bonchev–Trinajstić information content (AvgIpc) is 2.97. The third-order valence-electron chi connectivity index (χ3n) is 4.06. The summed E-state index contributed by atoms with van der Waals surface area (Å²) >= 11 is 0. The number of likely N-dealkylation sites (tertiary alicyclic amines) is 1. The highest BCUT2D eigenvalue weighted by Crippen LogP contribution is 2.16. The molecule has 0 atom stereocenters. The first-order valence-corrected chi connectivity index (χ1v) is 7.52. The standard InChI is InChI=1S/C17H21N3O/c18-17(21)15-4-6-16(7-5-15)20-11-8-14(13-20)12-19-9-2-1-3-10-19/h4-8,11,13H,1-3,9-10,12H2,(H2,18,21). The second-order valence-corrected chi connectivity index (χ2v) is 5.67. The first-order valence-electron chi connectivity index (χ1n) is 7.52. The van der Waals surface area contributed by atoms with Gasteiger partial charge in [-0.25, -0.2) is 0 Å². The first-order chi connectivity index (χ1) is 10.2. The average molecular weight is 283 g/mol.